The molecule has 1 heterocycles. The fraction of sp³-hybridized carbons (Fsp3) is 0.154. The molecule has 0 saturated carbocycles. The molecule has 1 aromatic carbocycles. The summed E-state index contributed by atoms with van der Waals surface area (Å²) < 4.78 is 0. The lowest BCUT2D eigenvalue weighted by molar-refractivity contribution is 0.104. The van der Waals surface area contributed by atoms with Gasteiger partial charge in [-0.05, 0) is 42.5 Å². The summed E-state index contributed by atoms with van der Waals surface area (Å²) in [6.45, 7) is 3.88. The molecule has 1 aromatic heterocycles. The number of carbonyl (C=O) groups is 1. The first-order chi connectivity index (χ1) is 7.59. The van der Waals surface area contributed by atoms with Crippen LogP contribution in [-0.4, -0.2) is 5.78 Å². The molecule has 0 amide bonds. The highest BCUT2D eigenvalue weighted by atomic mass is 32.1. The van der Waals surface area contributed by atoms with Gasteiger partial charge in [0.1, 0.15) is 0 Å². The number of anilines is 1. The average Bonchev–Trinajstić information content (AvgIpc) is 2.67. The largest absolute Gasteiger partial charge is 0.398 e. The summed E-state index contributed by atoms with van der Waals surface area (Å²) in [4.78, 5) is 12.9. The molecule has 0 unspecified atom stereocenters. The van der Waals surface area contributed by atoms with Crippen molar-refractivity contribution in [2.75, 3.05) is 5.73 Å². The molecular formula is C13H13NOS. The van der Waals surface area contributed by atoms with Gasteiger partial charge in [0, 0.05) is 11.3 Å². The number of nitrogens with two attached hydrogens (primary N) is 1. The number of benzene rings is 1. The van der Waals surface area contributed by atoms with E-state index in [1.54, 1.807) is 6.07 Å². The maximum Gasteiger partial charge on any atom is 0.203 e. The maximum atomic E-state index is 12.1. The average molecular weight is 231 g/mol. The van der Waals surface area contributed by atoms with Crippen LogP contribution in [0.4, 0.5) is 5.69 Å². The summed E-state index contributed by atoms with van der Waals surface area (Å²) in [6, 6.07) is 7.41. The zero-order chi connectivity index (χ0) is 11.7. The minimum atomic E-state index is 0.0548. The Labute approximate surface area is 98.7 Å². The van der Waals surface area contributed by atoms with Crippen molar-refractivity contribution < 1.29 is 4.79 Å². The maximum absolute atomic E-state index is 12.1. The molecule has 16 heavy (non-hydrogen) atoms. The van der Waals surface area contributed by atoms with Crippen molar-refractivity contribution in [3.8, 4) is 0 Å². The number of carbonyl (C=O) groups excluding carboxylic acids is 1. The van der Waals surface area contributed by atoms with Crippen molar-refractivity contribution in [3.05, 3.63) is 51.2 Å². The Kier molecular flexibility index (Phi) is 2.79. The van der Waals surface area contributed by atoms with Crippen LogP contribution in [0.5, 0.6) is 0 Å². The van der Waals surface area contributed by atoms with E-state index < -0.39 is 0 Å². The van der Waals surface area contributed by atoms with E-state index in [1.807, 2.05) is 37.4 Å². The molecule has 0 spiro atoms. The highest BCUT2D eigenvalue weighted by molar-refractivity contribution is 7.12. The highest BCUT2D eigenvalue weighted by Crippen LogP contribution is 2.22. The first-order valence-corrected chi connectivity index (χ1v) is 5.92. The number of hydrogen-bond donors (Lipinski definition) is 1. The molecule has 0 radical (unpaired) electrons. The molecule has 0 aliphatic carbocycles. The van der Waals surface area contributed by atoms with E-state index in [0.29, 0.717) is 11.3 Å². The third-order valence-electron chi connectivity index (χ3n) is 2.61. The van der Waals surface area contributed by atoms with Crippen LogP contribution in [0.25, 0.3) is 0 Å². The molecule has 0 atom stereocenters. The van der Waals surface area contributed by atoms with E-state index in [0.717, 1.165) is 16.0 Å². The minimum absolute atomic E-state index is 0.0548. The molecule has 2 aromatic rings. The number of thiophene rings is 1. The summed E-state index contributed by atoms with van der Waals surface area (Å²) >= 11 is 1.47. The van der Waals surface area contributed by atoms with Crippen molar-refractivity contribution in [1.82, 2.24) is 0 Å². The SMILES string of the molecule is Cc1ccc(C(=O)c2sccc2C)cc1N. The first kappa shape index (κ1) is 10.9. The fourth-order valence-corrected chi connectivity index (χ4v) is 2.41. The Morgan fingerprint density at radius 2 is 1.94 bits per heavy atom. The second kappa shape index (κ2) is 4.10. The van der Waals surface area contributed by atoms with Crippen LogP contribution in [0.1, 0.15) is 26.4 Å². The van der Waals surface area contributed by atoms with Gasteiger partial charge in [0.2, 0.25) is 5.78 Å². The van der Waals surface area contributed by atoms with Gasteiger partial charge >= 0.3 is 0 Å². The van der Waals surface area contributed by atoms with Crippen LogP contribution in [0.3, 0.4) is 0 Å². The molecule has 0 aliphatic heterocycles. The highest BCUT2D eigenvalue weighted by Gasteiger charge is 2.13. The topological polar surface area (TPSA) is 43.1 Å². The van der Waals surface area contributed by atoms with Crippen molar-refractivity contribution in [2.24, 2.45) is 0 Å². The van der Waals surface area contributed by atoms with E-state index in [1.165, 1.54) is 11.3 Å². The number of ketones is 1. The summed E-state index contributed by atoms with van der Waals surface area (Å²) in [6.07, 6.45) is 0. The summed E-state index contributed by atoms with van der Waals surface area (Å²) in [5.41, 5.74) is 9.15. The Morgan fingerprint density at radius 1 is 1.19 bits per heavy atom. The predicted octanol–water partition coefficient (Wildman–Crippen LogP) is 3.18. The second-order valence-electron chi connectivity index (χ2n) is 3.83. The lowest BCUT2D eigenvalue weighted by Crippen LogP contribution is -2.02. The molecule has 2 rings (SSSR count). The lowest BCUT2D eigenvalue weighted by atomic mass is 10.0. The van der Waals surface area contributed by atoms with Gasteiger partial charge in [0.15, 0.2) is 0 Å². The van der Waals surface area contributed by atoms with Crippen LogP contribution in [0.15, 0.2) is 29.6 Å². The molecule has 2 N–H and O–H groups in total. The van der Waals surface area contributed by atoms with E-state index in [9.17, 15) is 4.79 Å². The third-order valence-corrected chi connectivity index (χ3v) is 3.62. The smallest absolute Gasteiger partial charge is 0.203 e. The summed E-state index contributed by atoms with van der Waals surface area (Å²) in [5, 5.41) is 1.93. The molecule has 3 heteroatoms. The van der Waals surface area contributed by atoms with Crippen LogP contribution < -0.4 is 5.73 Å². The van der Waals surface area contributed by atoms with Crippen molar-refractivity contribution >= 4 is 22.8 Å². The Morgan fingerprint density at radius 3 is 2.50 bits per heavy atom. The van der Waals surface area contributed by atoms with Crippen molar-refractivity contribution in [3.63, 3.8) is 0 Å². The van der Waals surface area contributed by atoms with Gasteiger partial charge in [-0.2, -0.15) is 0 Å². The van der Waals surface area contributed by atoms with Crippen LogP contribution in [0.2, 0.25) is 0 Å². The fourth-order valence-electron chi connectivity index (χ4n) is 1.52. The molecule has 2 nitrogen and oxygen atoms in total. The van der Waals surface area contributed by atoms with Crippen molar-refractivity contribution in [2.45, 2.75) is 13.8 Å². The third kappa shape index (κ3) is 1.86. The Hall–Kier alpha value is -1.61. The van der Waals surface area contributed by atoms with Crippen molar-refractivity contribution in [1.29, 1.82) is 0 Å². The Balaban J connectivity index is 2.42. The minimum Gasteiger partial charge on any atom is -0.398 e. The van der Waals surface area contributed by atoms with Gasteiger partial charge in [0.25, 0.3) is 0 Å². The zero-order valence-electron chi connectivity index (χ0n) is 9.28. The molecule has 0 fully saturated rings. The second-order valence-corrected chi connectivity index (χ2v) is 4.75. The van der Waals surface area contributed by atoms with Crippen LogP contribution >= 0.6 is 11.3 Å². The first-order valence-electron chi connectivity index (χ1n) is 5.04. The van der Waals surface area contributed by atoms with Gasteiger partial charge in [-0.15, -0.1) is 11.3 Å². The van der Waals surface area contributed by atoms with Gasteiger partial charge in [0.05, 0.1) is 4.88 Å². The van der Waals surface area contributed by atoms with Gasteiger partial charge < -0.3 is 5.73 Å². The molecule has 0 aliphatic rings. The number of nitrogen functional groups attached to an aromatic ring is 1. The van der Waals surface area contributed by atoms with Crippen LogP contribution in [-0.2, 0) is 0 Å². The molecule has 82 valence electrons. The quantitative estimate of drug-likeness (QED) is 0.637. The van der Waals surface area contributed by atoms with E-state index in [2.05, 4.69) is 0 Å². The van der Waals surface area contributed by atoms with Gasteiger partial charge in [-0.25, -0.2) is 0 Å². The summed E-state index contributed by atoms with van der Waals surface area (Å²) in [5.74, 6) is 0.0548. The van der Waals surface area contributed by atoms with Crippen LogP contribution in [0, 0.1) is 13.8 Å². The monoisotopic (exact) mass is 231 g/mol. The number of aryl methyl sites for hydroxylation is 2. The number of rotatable bonds is 2. The summed E-state index contributed by atoms with van der Waals surface area (Å²) in [7, 11) is 0. The van der Waals surface area contributed by atoms with Gasteiger partial charge in [-0.1, -0.05) is 12.1 Å². The van der Waals surface area contributed by atoms with E-state index in [4.69, 9.17) is 5.73 Å². The Bertz CT molecular complexity index is 543. The standard InChI is InChI=1S/C13H13NOS/c1-8-3-4-10(7-11(8)14)12(15)13-9(2)5-6-16-13/h3-7H,14H2,1-2H3. The van der Waals surface area contributed by atoms with E-state index >= 15 is 0 Å². The molecule has 0 saturated heterocycles. The zero-order valence-corrected chi connectivity index (χ0v) is 10.1. The molecular weight excluding hydrogens is 218 g/mol. The van der Waals surface area contributed by atoms with E-state index in [-0.39, 0.29) is 5.78 Å². The predicted molar refractivity (Wildman–Crippen MR) is 68.1 cm³/mol. The number of hydrogen-bond acceptors (Lipinski definition) is 3. The van der Waals surface area contributed by atoms with Gasteiger partial charge in [-0.3, -0.25) is 4.79 Å². The lowest BCUT2D eigenvalue weighted by Gasteiger charge is -2.03. The normalized spacial score (nSPS) is 10.4. The molecule has 0 bridgehead atoms.